The number of nitrogens with one attached hydrogen (secondary N) is 1. The number of hydrogen-bond acceptors (Lipinski definition) is 6. The second-order valence-corrected chi connectivity index (χ2v) is 5.95. The second kappa shape index (κ2) is 5.49. The van der Waals surface area contributed by atoms with Crippen LogP contribution in [0.15, 0.2) is 29.0 Å². The Bertz CT molecular complexity index is 662. The fraction of sp³-hybridized carbons (Fsp3) is 0.467. The van der Waals surface area contributed by atoms with E-state index < -0.39 is 0 Å². The van der Waals surface area contributed by atoms with Gasteiger partial charge in [0.25, 0.3) is 0 Å². The lowest BCUT2D eigenvalue weighted by Crippen LogP contribution is -2.48. The molecule has 0 aromatic carbocycles. The largest absolute Gasteiger partial charge is 0.339 e. The summed E-state index contributed by atoms with van der Waals surface area (Å²) in [6.07, 6.45) is 5.65. The molecule has 2 aromatic rings. The molecule has 2 aliphatic rings. The molecule has 1 aliphatic carbocycles. The summed E-state index contributed by atoms with van der Waals surface area (Å²) in [5, 5.41) is 6.86. The van der Waals surface area contributed by atoms with E-state index in [4.69, 9.17) is 4.52 Å². The van der Waals surface area contributed by atoms with Crippen molar-refractivity contribution in [1.29, 1.82) is 0 Å². The summed E-state index contributed by atoms with van der Waals surface area (Å²) in [6, 6.07) is 3.62. The number of anilines is 1. The lowest BCUT2D eigenvalue weighted by atomic mass is 10.0. The van der Waals surface area contributed by atoms with Crippen molar-refractivity contribution in [1.82, 2.24) is 20.0 Å². The Balaban J connectivity index is 1.25. The molecule has 4 rings (SSSR count). The van der Waals surface area contributed by atoms with Crippen molar-refractivity contribution in [3.8, 4) is 0 Å². The van der Waals surface area contributed by atoms with Gasteiger partial charge >= 0.3 is 0 Å². The third-order valence-electron chi connectivity index (χ3n) is 4.02. The van der Waals surface area contributed by atoms with Crippen molar-refractivity contribution >= 4 is 11.6 Å². The first-order valence-corrected chi connectivity index (χ1v) is 7.53. The zero-order valence-electron chi connectivity index (χ0n) is 12.1. The van der Waals surface area contributed by atoms with Gasteiger partial charge in [0.2, 0.25) is 11.8 Å². The maximum atomic E-state index is 11.9. The zero-order valence-corrected chi connectivity index (χ0v) is 12.1. The van der Waals surface area contributed by atoms with Crippen molar-refractivity contribution in [2.45, 2.75) is 24.7 Å². The second-order valence-electron chi connectivity index (χ2n) is 5.95. The molecule has 1 amide bonds. The highest BCUT2D eigenvalue weighted by atomic mass is 16.5. The van der Waals surface area contributed by atoms with Crippen LogP contribution in [0.2, 0.25) is 0 Å². The summed E-state index contributed by atoms with van der Waals surface area (Å²) < 4.78 is 5.32. The number of pyridine rings is 1. The van der Waals surface area contributed by atoms with Crippen LogP contribution in [0, 0.1) is 0 Å². The number of carbonyl (C=O) groups excluding carboxylic acids is 1. The van der Waals surface area contributed by atoms with E-state index in [2.05, 4.69) is 25.3 Å². The van der Waals surface area contributed by atoms with Gasteiger partial charge in [-0.1, -0.05) is 5.16 Å². The highest BCUT2D eigenvalue weighted by Gasteiger charge is 2.35. The Morgan fingerprint density at radius 1 is 1.36 bits per heavy atom. The van der Waals surface area contributed by atoms with Crippen molar-refractivity contribution in [3.05, 3.63) is 36.2 Å². The van der Waals surface area contributed by atoms with Gasteiger partial charge in [0, 0.05) is 25.2 Å². The van der Waals surface area contributed by atoms with Gasteiger partial charge in [0.05, 0.1) is 24.3 Å². The van der Waals surface area contributed by atoms with Crippen LogP contribution in [-0.4, -0.2) is 45.6 Å². The minimum Gasteiger partial charge on any atom is -0.339 e. The number of rotatable bonds is 5. The van der Waals surface area contributed by atoms with Crippen molar-refractivity contribution in [3.63, 3.8) is 0 Å². The Hall–Kier alpha value is -2.28. The summed E-state index contributed by atoms with van der Waals surface area (Å²) in [5.74, 6) is 2.30. The van der Waals surface area contributed by atoms with Crippen LogP contribution in [0.3, 0.4) is 0 Å². The molecule has 0 spiro atoms. The topological polar surface area (TPSA) is 84.2 Å². The number of amides is 1. The Morgan fingerprint density at radius 2 is 2.23 bits per heavy atom. The number of hydrogen-bond donors (Lipinski definition) is 1. The summed E-state index contributed by atoms with van der Waals surface area (Å²) >= 11 is 0. The molecule has 0 atom stereocenters. The fourth-order valence-corrected chi connectivity index (χ4v) is 2.62. The number of nitrogens with zero attached hydrogens (tertiary/aromatic N) is 4. The summed E-state index contributed by atoms with van der Waals surface area (Å²) in [7, 11) is 0. The molecule has 3 heterocycles. The highest BCUT2D eigenvalue weighted by molar-refractivity contribution is 5.92. The van der Waals surface area contributed by atoms with Crippen molar-refractivity contribution in [2.24, 2.45) is 0 Å². The van der Waals surface area contributed by atoms with E-state index >= 15 is 0 Å². The molecule has 2 fully saturated rings. The third kappa shape index (κ3) is 2.85. The Morgan fingerprint density at radius 3 is 2.95 bits per heavy atom. The molecule has 22 heavy (non-hydrogen) atoms. The van der Waals surface area contributed by atoms with Gasteiger partial charge in [-0.3, -0.25) is 14.7 Å². The number of aromatic nitrogens is 3. The smallest absolute Gasteiger partial charge is 0.238 e. The first-order valence-electron chi connectivity index (χ1n) is 7.53. The van der Waals surface area contributed by atoms with Gasteiger partial charge in [-0.25, -0.2) is 0 Å². The molecule has 0 bridgehead atoms. The number of carbonyl (C=O) groups is 1. The Labute approximate surface area is 127 Å². The SMILES string of the molecule is O=C(CN1CC(c2nc(C3CC3)no2)C1)Nc1cccnc1. The van der Waals surface area contributed by atoms with Crippen LogP contribution in [0.25, 0.3) is 0 Å². The fourth-order valence-electron chi connectivity index (χ4n) is 2.62. The maximum absolute atomic E-state index is 11.9. The summed E-state index contributed by atoms with van der Waals surface area (Å²) in [4.78, 5) is 22.4. The Kier molecular flexibility index (Phi) is 3.34. The quantitative estimate of drug-likeness (QED) is 0.898. The zero-order chi connectivity index (χ0) is 14.9. The molecular weight excluding hydrogens is 282 g/mol. The van der Waals surface area contributed by atoms with Crippen molar-refractivity contribution < 1.29 is 9.32 Å². The van der Waals surface area contributed by atoms with Crippen molar-refractivity contribution in [2.75, 3.05) is 25.0 Å². The summed E-state index contributed by atoms with van der Waals surface area (Å²) in [6.45, 7) is 1.94. The van der Waals surface area contributed by atoms with Crippen LogP contribution in [0.5, 0.6) is 0 Å². The van der Waals surface area contributed by atoms with Crippen LogP contribution >= 0.6 is 0 Å². The molecule has 0 radical (unpaired) electrons. The molecule has 0 unspecified atom stereocenters. The average molecular weight is 299 g/mol. The van der Waals surface area contributed by atoms with Crippen LogP contribution in [0.1, 0.15) is 36.4 Å². The first kappa shape index (κ1) is 13.4. The molecule has 1 saturated carbocycles. The lowest BCUT2D eigenvalue weighted by molar-refractivity contribution is -0.118. The van der Waals surface area contributed by atoms with E-state index in [0.29, 0.717) is 18.4 Å². The molecule has 114 valence electrons. The van der Waals surface area contributed by atoms with Gasteiger partial charge in [0.1, 0.15) is 0 Å². The van der Waals surface area contributed by atoms with E-state index in [0.717, 1.165) is 24.6 Å². The first-order chi connectivity index (χ1) is 10.8. The normalized spacial score (nSPS) is 18.9. The molecule has 2 aromatic heterocycles. The van der Waals surface area contributed by atoms with E-state index in [1.54, 1.807) is 18.5 Å². The molecule has 7 nitrogen and oxygen atoms in total. The third-order valence-corrected chi connectivity index (χ3v) is 4.02. The average Bonchev–Trinajstić information content (AvgIpc) is 3.22. The van der Waals surface area contributed by atoms with E-state index in [9.17, 15) is 4.79 Å². The van der Waals surface area contributed by atoms with E-state index in [-0.39, 0.29) is 11.8 Å². The molecule has 1 N–H and O–H groups in total. The highest BCUT2D eigenvalue weighted by Crippen LogP contribution is 2.39. The van der Waals surface area contributed by atoms with Gasteiger partial charge in [0.15, 0.2) is 5.82 Å². The minimum atomic E-state index is -0.0318. The molecule has 7 heteroatoms. The predicted octanol–water partition coefficient (Wildman–Crippen LogP) is 1.38. The molecule has 1 saturated heterocycles. The number of likely N-dealkylation sites (tertiary alicyclic amines) is 1. The van der Waals surface area contributed by atoms with Gasteiger partial charge in [-0.2, -0.15) is 4.98 Å². The van der Waals surface area contributed by atoms with Gasteiger partial charge < -0.3 is 9.84 Å². The van der Waals surface area contributed by atoms with Crippen LogP contribution in [0.4, 0.5) is 5.69 Å². The van der Waals surface area contributed by atoms with Gasteiger partial charge in [-0.05, 0) is 25.0 Å². The monoisotopic (exact) mass is 299 g/mol. The molecule has 1 aliphatic heterocycles. The minimum absolute atomic E-state index is 0.0318. The van der Waals surface area contributed by atoms with Gasteiger partial charge in [-0.15, -0.1) is 0 Å². The van der Waals surface area contributed by atoms with E-state index in [1.165, 1.54) is 12.8 Å². The standard InChI is InChI=1S/C15H17N5O2/c21-13(17-12-2-1-5-16-6-12)9-20-7-11(8-20)15-18-14(19-22-15)10-3-4-10/h1-2,5-6,10-11H,3-4,7-9H2,(H,17,21). The molecular formula is C15H17N5O2. The maximum Gasteiger partial charge on any atom is 0.238 e. The van der Waals surface area contributed by atoms with Crippen LogP contribution in [-0.2, 0) is 4.79 Å². The van der Waals surface area contributed by atoms with E-state index in [1.807, 2.05) is 6.07 Å². The van der Waals surface area contributed by atoms with Crippen LogP contribution < -0.4 is 5.32 Å². The summed E-state index contributed by atoms with van der Waals surface area (Å²) in [5.41, 5.74) is 0.718. The lowest BCUT2D eigenvalue weighted by Gasteiger charge is -2.36. The predicted molar refractivity (Wildman–Crippen MR) is 78.3 cm³/mol.